The first kappa shape index (κ1) is 13.1. The molecule has 0 fully saturated rings. The van der Waals surface area contributed by atoms with Gasteiger partial charge in [0.05, 0.1) is 12.8 Å². The van der Waals surface area contributed by atoms with Crippen LogP contribution in [-0.2, 0) is 0 Å². The molecule has 6 heteroatoms. The summed E-state index contributed by atoms with van der Waals surface area (Å²) in [7, 11) is 1.62. The predicted octanol–water partition coefficient (Wildman–Crippen LogP) is 2.76. The minimum atomic E-state index is 0.229. The third-order valence-electron chi connectivity index (χ3n) is 2.99. The molecule has 2 N–H and O–H groups in total. The van der Waals surface area contributed by atoms with Crippen molar-refractivity contribution in [1.82, 2.24) is 10.2 Å². The standard InChI is InChI=1S/C15H14N4O2/c1-20-13-9-7-11(8-10-13)14-17-18-15(21-14)19(16)12-5-3-2-4-6-12/h2-10H,16H2,1H3. The molecular weight excluding hydrogens is 268 g/mol. The van der Waals surface area contributed by atoms with Crippen LogP contribution in [0.5, 0.6) is 5.75 Å². The van der Waals surface area contributed by atoms with Crippen molar-refractivity contribution in [3.8, 4) is 17.2 Å². The summed E-state index contributed by atoms with van der Waals surface area (Å²) in [6.45, 7) is 0. The molecular formula is C15H14N4O2. The number of aromatic nitrogens is 2. The van der Waals surface area contributed by atoms with E-state index >= 15 is 0 Å². The second kappa shape index (κ2) is 5.64. The highest BCUT2D eigenvalue weighted by Gasteiger charge is 2.14. The van der Waals surface area contributed by atoms with Crippen molar-refractivity contribution < 1.29 is 9.15 Å². The fourth-order valence-electron chi connectivity index (χ4n) is 1.86. The summed E-state index contributed by atoms with van der Waals surface area (Å²) in [4.78, 5) is 0. The van der Waals surface area contributed by atoms with Gasteiger partial charge in [0.1, 0.15) is 5.75 Å². The van der Waals surface area contributed by atoms with Crippen molar-refractivity contribution in [2.24, 2.45) is 5.84 Å². The lowest BCUT2D eigenvalue weighted by Gasteiger charge is -2.12. The van der Waals surface area contributed by atoms with Crippen LogP contribution in [-0.4, -0.2) is 17.3 Å². The van der Waals surface area contributed by atoms with Gasteiger partial charge in [0.2, 0.25) is 5.89 Å². The number of hydrogen-bond acceptors (Lipinski definition) is 6. The van der Waals surface area contributed by atoms with E-state index in [0.29, 0.717) is 5.89 Å². The van der Waals surface area contributed by atoms with Gasteiger partial charge < -0.3 is 9.15 Å². The molecule has 0 bridgehead atoms. The van der Waals surface area contributed by atoms with Crippen LogP contribution in [0, 0.1) is 0 Å². The van der Waals surface area contributed by atoms with Crippen molar-refractivity contribution in [2.45, 2.75) is 0 Å². The second-order valence-electron chi connectivity index (χ2n) is 4.32. The number of benzene rings is 2. The maximum Gasteiger partial charge on any atom is 0.337 e. The van der Waals surface area contributed by atoms with Gasteiger partial charge in [-0.2, -0.15) is 0 Å². The molecule has 0 saturated carbocycles. The van der Waals surface area contributed by atoms with Crippen molar-refractivity contribution in [1.29, 1.82) is 0 Å². The molecule has 106 valence electrons. The molecule has 21 heavy (non-hydrogen) atoms. The van der Waals surface area contributed by atoms with E-state index in [-0.39, 0.29) is 6.01 Å². The molecule has 1 heterocycles. The normalized spacial score (nSPS) is 10.4. The molecule has 1 aromatic heterocycles. The van der Waals surface area contributed by atoms with Gasteiger partial charge in [0, 0.05) is 5.56 Å². The zero-order valence-corrected chi connectivity index (χ0v) is 11.4. The van der Waals surface area contributed by atoms with Gasteiger partial charge in [0.15, 0.2) is 0 Å². The highest BCUT2D eigenvalue weighted by Crippen LogP contribution is 2.26. The number of para-hydroxylation sites is 1. The van der Waals surface area contributed by atoms with Crippen molar-refractivity contribution in [3.05, 3.63) is 54.6 Å². The highest BCUT2D eigenvalue weighted by molar-refractivity contribution is 5.58. The topological polar surface area (TPSA) is 77.4 Å². The number of nitrogens with zero attached hydrogens (tertiary/aromatic N) is 3. The largest absolute Gasteiger partial charge is 0.497 e. The Kier molecular flexibility index (Phi) is 3.53. The summed E-state index contributed by atoms with van der Waals surface area (Å²) in [5.74, 6) is 7.14. The molecule has 0 atom stereocenters. The Hall–Kier alpha value is -2.86. The monoisotopic (exact) mass is 282 g/mol. The molecule has 0 aliphatic heterocycles. The molecule has 2 aromatic carbocycles. The smallest absolute Gasteiger partial charge is 0.337 e. The van der Waals surface area contributed by atoms with Gasteiger partial charge >= 0.3 is 6.01 Å². The van der Waals surface area contributed by atoms with E-state index in [1.807, 2.05) is 54.6 Å². The zero-order valence-electron chi connectivity index (χ0n) is 11.4. The average molecular weight is 282 g/mol. The minimum absolute atomic E-state index is 0.229. The molecule has 0 radical (unpaired) electrons. The first-order valence-electron chi connectivity index (χ1n) is 6.36. The van der Waals surface area contributed by atoms with Crippen LogP contribution in [0.25, 0.3) is 11.5 Å². The summed E-state index contributed by atoms with van der Waals surface area (Å²) in [6.07, 6.45) is 0. The third-order valence-corrected chi connectivity index (χ3v) is 2.99. The first-order chi connectivity index (χ1) is 10.3. The third kappa shape index (κ3) is 2.70. The first-order valence-corrected chi connectivity index (χ1v) is 6.36. The number of hydrazine groups is 1. The Labute approximate surface area is 121 Å². The van der Waals surface area contributed by atoms with Crippen molar-refractivity contribution in [2.75, 3.05) is 12.1 Å². The Morgan fingerprint density at radius 3 is 2.38 bits per heavy atom. The molecule has 6 nitrogen and oxygen atoms in total. The van der Waals surface area contributed by atoms with Gasteiger partial charge in [-0.15, -0.1) is 5.10 Å². The van der Waals surface area contributed by atoms with Gasteiger partial charge in [-0.1, -0.05) is 23.3 Å². The van der Waals surface area contributed by atoms with Gasteiger partial charge in [-0.25, -0.2) is 10.9 Å². The van der Waals surface area contributed by atoms with Crippen LogP contribution in [0.3, 0.4) is 0 Å². The number of methoxy groups -OCH3 is 1. The van der Waals surface area contributed by atoms with Gasteiger partial charge in [-0.05, 0) is 36.4 Å². The van der Waals surface area contributed by atoms with Crippen LogP contribution < -0.4 is 15.6 Å². The molecule has 3 rings (SSSR count). The molecule has 0 amide bonds. The van der Waals surface area contributed by atoms with Crippen LogP contribution >= 0.6 is 0 Å². The van der Waals surface area contributed by atoms with E-state index in [9.17, 15) is 0 Å². The van der Waals surface area contributed by atoms with Crippen LogP contribution in [0.1, 0.15) is 0 Å². The van der Waals surface area contributed by atoms with E-state index in [4.69, 9.17) is 15.0 Å². The molecule has 3 aromatic rings. The molecule has 0 aliphatic rings. The Morgan fingerprint density at radius 2 is 1.71 bits per heavy atom. The Morgan fingerprint density at radius 1 is 1.00 bits per heavy atom. The quantitative estimate of drug-likeness (QED) is 0.585. The highest BCUT2D eigenvalue weighted by atomic mass is 16.5. The number of anilines is 2. The average Bonchev–Trinajstić information content (AvgIpc) is 3.05. The zero-order chi connectivity index (χ0) is 14.7. The predicted molar refractivity (Wildman–Crippen MR) is 79.1 cm³/mol. The van der Waals surface area contributed by atoms with Crippen molar-refractivity contribution >= 4 is 11.7 Å². The minimum Gasteiger partial charge on any atom is -0.497 e. The molecule has 0 saturated heterocycles. The summed E-state index contributed by atoms with van der Waals surface area (Å²) in [6, 6.07) is 17.0. The van der Waals surface area contributed by atoms with E-state index in [1.165, 1.54) is 5.01 Å². The summed E-state index contributed by atoms with van der Waals surface area (Å²) >= 11 is 0. The summed E-state index contributed by atoms with van der Waals surface area (Å²) in [5.41, 5.74) is 1.57. The molecule has 0 spiro atoms. The number of rotatable bonds is 4. The van der Waals surface area contributed by atoms with Crippen LogP contribution in [0.4, 0.5) is 11.7 Å². The Bertz CT molecular complexity index is 710. The van der Waals surface area contributed by atoms with Gasteiger partial charge in [0.25, 0.3) is 0 Å². The van der Waals surface area contributed by atoms with E-state index in [0.717, 1.165) is 17.0 Å². The lowest BCUT2D eigenvalue weighted by atomic mass is 10.2. The van der Waals surface area contributed by atoms with E-state index < -0.39 is 0 Å². The van der Waals surface area contributed by atoms with Crippen LogP contribution in [0.15, 0.2) is 59.0 Å². The van der Waals surface area contributed by atoms with Gasteiger partial charge in [-0.3, -0.25) is 0 Å². The molecule has 0 unspecified atom stereocenters. The maximum atomic E-state index is 5.97. The summed E-state index contributed by atoms with van der Waals surface area (Å²) < 4.78 is 10.7. The lowest BCUT2D eigenvalue weighted by Crippen LogP contribution is -2.25. The molecule has 0 aliphatic carbocycles. The summed E-state index contributed by atoms with van der Waals surface area (Å²) in [5, 5.41) is 9.32. The van der Waals surface area contributed by atoms with Crippen LogP contribution in [0.2, 0.25) is 0 Å². The maximum absolute atomic E-state index is 5.97. The van der Waals surface area contributed by atoms with E-state index in [1.54, 1.807) is 7.11 Å². The fraction of sp³-hybridized carbons (Fsp3) is 0.0667. The van der Waals surface area contributed by atoms with E-state index in [2.05, 4.69) is 10.2 Å². The number of nitrogens with two attached hydrogens (primary N) is 1. The Balaban J connectivity index is 1.85. The number of ether oxygens (including phenoxy) is 1. The fourth-order valence-corrected chi connectivity index (χ4v) is 1.86. The SMILES string of the molecule is COc1ccc(-c2nnc(N(N)c3ccccc3)o2)cc1. The lowest BCUT2D eigenvalue weighted by molar-refractivity contribution is 0.415. The van der Waals surface area contributed by atoms with Crippen molar-refractivity contribution in [3.63, 3.8) is 0 Å². The number of hydrogen-bond donors (Lipinski definition) is 1. The second-order valence-corrected chi connectivity index (χ2v) is 4.32.